The summed E-state index contributed by atoms with van der Waals surface area (Å²) in [6.45, 7) is 3.26. The first-order chi connectivity index (χ1) is 8.16. The molecule has 1 fully saturated rings. The molecule has 0 spiro atoms. The van der Waals surface area contributed by atoms with Crippen LogP contribution in [0, 0.1) is 0 Å². The Morgan fingerprint density at radius 1 is 1.59 bits per heavy atom. The van der Waals surface area contributed by atoms with Crippen molar-refractivity contribution in [1.29, 1.82) is 0 Å². The van der Waals surface area contributed by atoms with Crippen molar-refractivity contribution in [2.45, 2.75) is 38.5 Å². The predicted octanol–water partition coefficient (Wildman–Crippen LogP) is 1.15. The SMILES string of the molecule is CC(O)CN(C)c1ncccc1CNC1CC1. The van der Waals surface area contributed by atoms with Crippen molar-refractivity contribution in [3.8, 4) is 0 Å². The van der Waals surface area contributed by atoms with Gasteiger partial charge in [0.1, 0.15) is 5.82 Å². The number of aromatic nitrogens is 1. The summed E-state index contributed by atoms with van der Waals surface area (Å²) < 4.78 is 0. The number of aliphatic hydroxyl groups is 1. The van der Waals surface area contributed by atoms with E-state index in [9.17, 15) is 5.11 Å². The van der Waals surface area contributed by atoms with Crippen molar-refractivity contribution in [2.24, 2.45) is 0 Å². The van der Waals surface area contributed by atoms with Crippen molar-refractivity contribution < 1.29 is 5.11 Å². The molecule has 2 rings (SSSR count). The number of rotatable bonds is 6. The Labute approximate surface area is 103 Å². The fraction of sp³-hybridized carbons (Fsp3) is 0.615. The Bertz CT molecular complexity index is 363. The normalized spacial score (nSPS) is 16.9. The molecule has 4 heteroatoms. The minimum atomic E-state index is -0.341. The van der Waals surface area contributed by atoms with Crippen LogP contribution < -0.4 is 10.2 Å². The average Bonchev–Trinajstić information content (AvgIpc) is 3.09. The van der Waals surface area contributed by atoms with Gasteiger partial charge in [0.15, 0.2) is 0 Å². The number of nitrogens with zero attached hydrogens (tertiary/aromatic N) is 2. The van der Waals surface area contributed by atoms with Crippen molar-refractivity contribution in [3.05, 3.63) is 23.9 Å². The summed E-state index contributed by atoms with van der Waals surface area (Å²) in [7, 11) is 1.97. The molecule has 1 aromatic heterocycles. The van der Waals surface area contributed by atoms with Crippen LogP contribution in [-0.4, -0.2) is 35.8 Å². The highest BCUT2D eigenvalue weighted by Crippen LogP contribution is 2.21. The van der Waals surface area contributed by atoms with E-state index in [2.05, 4.69) is 16.4 Å². The number of hydrogen-bond donors (Lipinski definition) is 2. The third-order valence-corrected chi connectivity index (χ3v) is 2.93. The minimum absolute atomic E-state index is 0.341. The molecule has 0 bridgehead atoms. The zero-order valence-electron chi connectivity index (χ0n) is 10.6. The molecule has 0 saturated heterocycles. The van der Waals surface area contributed by atoms with Gasteiger partial charge in [-0.2, -0.15) is 0 Å². The minimum Gasteiger partial charge on any atom is -0.392 e. The van der Waals surface area contributed by atoms with Gasteiger partial charge in [-0.25, -0.2) is 4.98 Å². The molecule has 1 heterocycles. The van der Waals surface area contributed by atoms with E-state index in [1.165, 1.54) is 18.4 Å². The zero-order chi connectivity index (χ0) is 12.3. The smallest absolute Gasteiger partial charge is 0.132 e. The van der Waals surface area contributed by atoms with E-state index in [0.717, 1.165) is 12.4 Å². The molecule has 0 aromatic carbocycles. The first-order valence-corrected chi connectivity index (χ1v) is 6.23. The van der Waals surface area contributed by atoms with Crippen LogP contribution in [0.15, 0.2) is 18.3 Å². The molecule has 94 valence electrons. The second-order valence-corrected chi connectivity index (χ2v) is 4.87. The van der Waals surface area contributed by atoms with E-state index in [-0.39, 0.29) is 6.10 Å². The Morgan fingerprint density at radius 3 is 3.00 bits per heavy atom. The number of aliphatic hydroxyl groups excluding tert-OH is 1. The van der Waals surface area contributed by atoms with Crippen LogP contribution in [-0.2, 0) is 6.54 Å². The van der Waals surface area contributed by atoms with Gasteiger partial charge >= 0.3 is 0 Å². The molecular formula is C13H21N3O. The Morgan fingerprint density at radius 2 is 2.35 bits per heavy atom. The predicted molar refractivity (Wildman–Crippen MR) is 69.0 cm³/mol. The second-order valence-electron chi connectivity index (χ2n) is 4.87. The molecule has 1 aliphatic rings. The van der Waals surface area contributed by atoms with Crippen molar-refractivity contribution in [1.82, 2.24) is 10.3 Å². The molecule has 0 amide bonds. The van der Waals surface area contributed by atoms with E-state index in [4.69, 9.17) is 0 Å². The lowest BCUT2D eigenvalue weighted by atomic mass is 10.2. The first-order valence-electron chi connectivity index (χ1n) is 6.23. The summed E-state index contributed by atoms with van der Waals surface area (Å²) in [4.78, 5) is 6.41. The lowest BCUT2D eigenvalue weighted by molar-refractivity contribution is 0.201. The summed E-state index contributed by atoms with van der Waals surface area (Å²) in [5.41, 5.74) is 1.20. The standard InChI is InChI=1S/C13H21N3O/c1-10(17)9-16(2)13-11(4-3-7-14-13)8-15-12-5-6-12/h3-4,7,10,12,15,17H,5-6,8-9H2,1-2H3. The van der Waals surface area contributed by atoms with Gasteiger partial charge in [-0.05, 0) is 25.8 Å². The fourth-order valence-corrected chi connectivity index (χ4v) is 1.94. The summed E-state index contributed by atoms with van der Waals surface area (Å²) in [6, 6.07) is 4.75. The molecule has 1 saturated carbocycles. The van der Waals surface area contributed by atoms with Crippen LogP contribution in [0.25, 0.3) is 0 Å². The third kappa shape index (κ3) is 3.68. The van der Waals surface area contributed by atoms with E-state index in [1.54, 1.807) is 13.1 Å². The summed E-state index contributed by atoms with van der Waals surface area (Å²) in [5.74, 6) is 0.960. The summed E-state index contributed by atoms with van der Waals surface area (Å²) >= 11 is 0. The molecular weight excluding hydrogens is 214 g/mol. The van der Waals surface area contributed by atoms with Crippen molar-refractivity contribution >= 4 is 5.82 Å². The second kappa shape index (κ2) is 5.47. The molecule has 2 N–H and O–H groups in total. The van der Waals surface area contributed by atoms with Gasteiger partial charge in [0.25, 0.3) is 0 Å². The van der Waals surface area contributed by atoms with Crippen LogP contribution in [0.1, 0.15) is 25.3 Å². The number of likely N-dealkylation sites (N-methyl/N-ethyl adjacent to an activating group) is 1. The number of pyridine rings is 1. The van der Waals surface area contributed by atoms with E-state index >= 15 is 0 Å². The number of anilines is 1. The van der Waals surface area contributed by atoms with Crippen molar-refractivity contribution in [2.75, 3.05) is 18.5 Å². The monoisotopic (exact) mass is 235 g/mol. The number of nitrogens with one attached hydrogen (secondary N) is 1. The highest BCUT2D eigenvalue weighted by atomic mass is 16.3. The third-order valence-electron chi connectivity index (χ3n) is 2.93. The Hall–Kier alpha value is -1.13. The maximum Gasteiger partial charge on any atom is 0.132 e. The Balaban J connectivity index is 2.02. The maximum absolute atomic E-state index is 9.42. The van der Waals surface area contributed by atoms with Crippen LogP contribution in [0.3, 0.4) is 0 Å². The first kappa shape index (κ1) is 12.3. The highest BCUT2D eigenvalue weighted by molar-refractivity contribution is 5.46. The lowest BCUT2D eigenvalue weighted by Gasteiger charge is -2.22. The van der Waals surface area contributed by atoms with Gasteiger partial charge in [0.05, 0.1) is 6.10 Å². The Kier molecular flexibility index (Phi) is 3.97. The molecule has 4 nitrogen and oxygen atoms in total. The van der Waals surface area contributed by atoms with Gasteiger partial charge in [-0.1, -0.05) is 6.07 Å². The number of hydrogen-bond acceptors (Lipinski definition) is 4. The quantitative estimate of drug-likeness (QED) is 0.776. The molecule has 1 atom stereocenters. The van der Waals surface area contributed by atoms with Crippen LogP contribution in [0.5, 0.6) is 0 Å². The largest absolute Gasteiger partial charge is 0.392 e. The zero-order valence-corrected chi connectivity index (χ0v) is 10.6. The average molecular weight is 235 g/mol. The van der Waals surface area contributed by atoms with Gasteiger partial charge in [-0.15, -0.1) is 0 Å². The van der Waals surface area contributed by atoms with Crippen LogP contribution in [0.2, 0.25) is 0 Å². The maximum atomic E-state index is 9.42. The van der Waals surface area contributed by atoms with E-state index < -0.39 is 0 Å². The molecule has 17 heavy (non-hydrogen) atoms. The molecule has 1 aliphatic carbocycles. The molecule has 1 unspecified atom stereocenters. The topological polar surface area (TPSA) is 48.4 Å². The van der Waals surface area contributed by atoms with E-state index in [1.807, 2.05) is 18.0 Å². The molecule has 1 aromatic rings. The molecule has 0 aliphatic heterocycles. The van der Waals surface area contributed by atoms with Crippen LogP contribution in [0.4, 0.5) is 5.82 Å². The summed E-state index contributed by atoms with van der Waals surface area (Å²) in [5, 5.41) is 12.9. The van der Waals surface area contributed by atoms with Gasteiger partial charge in [-0.3, -0.25) is 0 Å². The van der Waals surface area contributed by atoms with Gasteiger partial charge in [0.2, 0.25) is 0 Å². The summed E-state index contributed by atoms with van der Waals surface area (Å²) in [6.07, 6.45) is 4.04. The molecule has 0 radical (unpaired) electrons. The van der Waals surface area contributed by atoms with Gasteiger partial charge in [0, 0.05) is 37.9 Å². The fourth-order valence-electron chi connectivity index (χ4n) is 1.94. The van der Waals surface area contributed by atoms with Crippen LogP contribution >= 0.6 is 0 Å². The highest BCUT2D eigenvalue weighted by Gasteiger charge is 2.21. The lowest BCUT2D eigenvalue weighted by Crippen LogP contribution is -2.29. The van der Waals surface area contributed by atoms with E-state index in [0.29, 0.717) is 12.6 Å². The van der Waals surface area contributed by atoms with Gasteiger partial charge < -0.3 is 15.3 Å². The van der Waals surface area contributed by atoms with Crippen molar-refractivity contribution in [3.63, 3.8) is 0 Å².